The number of rotatable bonds is 8. The molecule has 0 N–H and O–H groups in total. The second-order valence-corrected chi connectivity index (χ2v) is 5.36. The van der Waals surface area contributed by atoms with E-state index < -0.39 is 0 Å². The summed E-state index contributed by atoms with van der Waals surface area (Å²) in [5, 5.41) is 0. The highest BCUT2D eigenvalue weighted by molar-refractivity contribution is 5.02. The second kappa shape index (κ2) is 10.4. The third-order valence-electron chi connectivity index (χ3n) is 2.43. The fourth-order valence-electron chi connectivity index (χ4n) is 1.49. The van der Waals surface area contributed by atoms with Gasteiger partial charge in [-0.1, -0.05) is 64.5 Å². The molecule has 0 saturated heterocycles. The van der Waals surface area contributed by atoms with E-state index in [1.807, 2.05) is 0 Å². The van der Waals surface area contributed by atoms with E-state index >= 15 is 0 Å². The van der Waals surface area contributed by atoms with Crippen molar-refractivity contribution in [3.8, 4) is 11.8 Å². The molecule has 0 aromatic heterocycles. The van der Waals surface area contributed by atoms with Gasteiger partial charge in [-0.25, -0.2) is 0 Å². The molecule has 0 amide bonds. The van der Waals surface area contributed by atoms with Crippen molar-refractivity contribution in [2.75, 3.05) is 13.2 Å². The summed E-state index contributed by atoms with van der Waals surface area (Å²) < 4.78 is 5.45. The standard InChI is InChI=1S/C16H28O/c1-14(2)9-6-7-11-16(5)13-17-12-8-10-15(3)4/h14-15H,5-7,9,11-13H2,1-4H3. The smallest absolute Gasteiger partial charge is 0.108 e. The molecule has 0 saturated carbocycles. The molecule has 1 nitrogen and oxygen atoms in total. The average molecular weight is 236 g/mol. The highest BCUT2D eigenvalue weighted by Gasteiger charge is 1.97. The number of hydrogen-bond acceptors (Lipinski definition) is 1. The number of unbranched alkanes of at least 4 members (excludes halogenated alkanes) is 1. The molecule has 0 atom stereocenters. The van der Waals surface area contributed by atoms with Crippen molar-refractivity contribution in [2.45, 2.75) is 53.4 Å². The van der Waals surface area contributed by atoms with E-state index in [1.54, 1.807) is 0 Å². The molecule has 0 aliphatic carbocycles. The number of hydrogen-bond donors (Lipinski definition) is 0. The Morgan fingerprint density at radius 2 is 1.88 bits per heavy atom. The van der Waals surface area contributed by atoms with Crippen molar-refractivity contribution in [1.82, 2.24) is 0 Å². The zero-order valence-electron chi connectivity index (χ0n) is 12.0. The first-order valence-electron chi connectivity index (χ1n) is 6.75. The Morgan fingerprint density at radius 3 is 2.47 bits per heavy atom. The molecule has 0 unspecified atom stereocenters. The molecular formula is C16H28O. The van der Waals surface area contributed by atoms with Crippen molar-refractivity contribution < 1.29 is 4.74 Å². The maximum Gasteiger partial charge on any atom is 0.108 e. The lowest BCUT2D eigenvalue weighted by Crippen LogP contribution is -1.98. The molecule has 0 aliphatic heterocycles. The fourth-order valence-corrected chi connectivity index (χ4v) is 1.49. The molecule has 0 rings (SSSR count). The van der Waals surface area contributed by atoms with Crippen LogP contribution in [0.2, 0.25) is 0 Å². The molecular weight excluding hydrogens is 208 g/mol. The first-order valence-corrected chi connectivity index (χ1v) is 6.75. The molecule has 0 radical (unpaired) electrons. The van der Waals surface area contributed by atoms with Gasteiger partial charge in [0.1, 0.15) is 6.61 Å². The lowest BCUT2D eigenvalue weighted by molar-refractivity contribution is 0.189. The van der Waals surface area contributed by atoms with Crippen LogP contribution in [0, 0.1) is 23.7 Å². The predicted octanol–water partition coefficient (Wildman–Crippen LogP) is 4.44. The second-order valence-electron chi connectivity index (χ2n) is 5.36. The third-order valence-corrected chi connectivity index (χ3v) is 2.43. The van der Waals surface area contributed by atoms with Gasteiger partial charge in [-0.05, 0) is 18.8 Å². The van der Waals surface area contributed by atoms with E-state index in [0.29, 0.717) is 19.1 Å². The maximum atomic E-state index is 5.45. The van der Waals surface area contributed by atoms with Crippen LogP contribution in [0.4, 0.5) is 0 Å². The Kier molecular flexibility index (Phi) is 9.96. The molecule has 0 bridgehead atoms. The Hall–Kier alpha value is -0.740. The number of ether oxygens (including phenoxy) is 1. The summed E-state index contributed by atoms with van der Waals surface area (Å²) in [7, 11) is 0. The van der Waals surface area contributed by atoms with Crippen molar-refractivity contribution in [1.29, 1.82) is 0 Å². The van der Waals surface area contributed by atoms with Gasteiger partial charge in [-0.3, -0.25) is 0 Å². The van der Waals surface area contributed by atoms with Gasteiger partial charge in [0.2, 0.25) is 0 Å². The van der Waals surface area contributed by atoms with Crippen LogP contribution < -0.4 is 0 Å². The van der Waals surface area contributed by atoms with Gasteiger partial charge in [-0.15, -0.1) is 0 Å². The van der Waals surface area contributed by atoms with Crippen LogP contribution in [0.25, 0.3) is 0 Å². The SMILES string of the molecule is C=C(CCCCC(C)C)COCC#CC(C)C. The summed E-state index contributed by atoms with van der Waals surface area (Å²) in [5.74, 6) is 7.33. The van der Waals surface area contributed by atoms with Crippen LogP contribution in [-0.2, 0) is 4.74 Å². The van der Waals surface area contributed by atoms with Crippen LogP contribution in [0.1, 0.15) is 53.4 Å². The molecule has 0 fully saturated rings. The summed E-state index contributed by atoms with van der Waals surface area (Å²) in [5.41, 5.74) is 1.19. The van der Waals surface area contributed by atoms with Crippen LogP contribution in [-0.4, -0.2) is 13.2 Å². The van der Waals surface area contributed by atoms with Crippen LogP contribution in [0.15, 0.2) is 12.2 Å². The van der Waals surface area contributed by atoms with Gasteiger partial charge >= 0.3 is 0 Å². The summed E-state index contributed by atoms with van der Waals surface area (Å²) in [4.78, 5) is 0. The van der Waals surface area contributed by atoms with E-state index in [9.17, 15) is 0 Å². The van der Waals surface area contributed by atoms with Gasteiger partial charge in [0, 0.05) is 5.92 Å². The van der Waals surface area contributed by atoms with Gasteiger partial charge in [0.25, 0.3) is 0 Å². The first-order chi connectivity index (χ1) is 8.02. The lowest BCUT2D eigenvalue weighted by Gasteiger charge is -2.06. The van der Waals surface area contributed by atoms with Gasteiger partial charge < -0.3 is 4.74 Å². The van der Waals surface area contributed by atoms with Crippen LogP contribution in [0.3, 0.4) is 0 Å². The minimum atomic E-state index is 0.429. The van der Waals surface area contributed by atoms with Crippen molar-refractivity contribution in [3.63, 3.8) is 0 Å². The van der Waals surface area contributed by atoms with Crippen LogP contribution in [0.5, 0.6) is 0 Å². The van der Waals surface area contributed by atoms with Crippen molar-refractivity contribution in [2.24, 2.45) is 11.8 Å². The van der Waals surface area contributed by atoms with E-state index in [2.05, 4.69) is 46.1 Å². The summed E-state index contributed by atoms with van der Waals surface area (Å²) >= 11 is 0. The van der Waals surface area contributed by atoms with Crippen molar-refractivity contribution in [3.05, 3.63) is 12.2 Å². The molecule has 98 valence electrons. The normalized spacial score (nSPS) is 10.5. The van der Waals surface area contributed by atoms with Crippen LogP contribution >= 0.6 is 0 Å². The molecule has 0 aliphatic rings. The van der Waals surface area contributed by atoms with E-state index in [4.69, 9.17) is 4.74 Å². The van der Waals surface area contributed by atoms with Gasteiger partial charge in [0.15, 0.2) is 0 Å². The molecule has 0 aromatic rings. The monoisotopic (exact) mass is 236 g/mol. The Morgan fingerprint density at radius 1 is 1.18 bits per heavy atom. The van der Waals surface area contributed by atoms with E-state index in [0.717, 1.165) is 12.3 Å². The summed E-state index contributed by atoms with van der Waals surface area (Å²) in [6, 6.07) is 0. The Balaban J connectivity index is 3.39. The van der Waals surface area contributed by atoms with Gasteiger partial charge in [-0.2, -0.15) is 0 Å². The molecule has 0 heterocycles. The topological polar surface area (TPSA) is 9.23 Å². The maximum absolute atomic E-state index is 5.45. The Bertz CT molecular complexity index is 252. The van der Waals surface area contributed by atoms with E-state index in [-0.39, 0.29) is 0 Å². The fraction of sp³-hybridized carbons (Fsp3) is 0.750. The summed E-state index contributed by atoms with van der Waals surface area (Å²) in [6.45, 7) is 13.9. The minimum Gasteiger partial charge on any atom is -0.364 e. The third kappa shape index (κ3) is 13.2. The zero-order chi connectivity index (χ0) is 13.1. The zero-order valence-corrected chi connectivity index (χ0v) is 12.0. The average Bonchev–Trinajstić information content (AvgIpc) is 2.23. The van der Waals surface area contributed by atoms with Gasteiger partial charge in [0.05, 0.1) is 6.61 Å². The van der Waals surface area contributed by atoms with Crippen molar-refractivity contribution >= 4 is 0 Å². The Labute approximate surface area is 108 Å². The minimum absolute atomic E-state index is 0.429. The highest BCUT2D eigenvalue weighted by Crippen LogP contribution is 2.11. The molecule has 0 aromatic carbocycles. The van der Waals surface area contributed by atoms with E-state index in [1.165, 1.54) is 24.8 Å². The molecule has 0 spiro atoms. The molecule has 1 heteroatoms. The molecule has 17 heavy (non-hydrogen) atoms. The highest BCUT2D eigenvalue weighted by atomic mass is 16.5. The predicted molar refractivity (Wildman–Crippen MR) is 75.9 cm³/mol. The lowest BCUT2D eigenvalue weighted by atomic mass is 10.0. The quantitative estimate of drug-likeness (QED) is 0.344. The summed E-state index contributed by atoms with van der Waals surface area (Å²) in [6.07, 6.45) is 4.93. The largest absolute Gasteiger partial charge is 0.364 e. The first kappa shape index (κ1) is 16.3.